The molecule has 2 rings (SSSR count). The highest BCUT2D eigenvalue weighted by atomic mass is 32.1. The van der Waals surface area contributed by atoms with E-state index in [9.17, 15) is 14.0 Å². The van der Waals surface area contributed by atoms with E-state index in [1.807, 2.05) is 0 Å². The summed E-state index contributed by atoms with van der Waals surface area (Å²) in [6.45, 7) is 1.75. The lowest BCUT2D eigenvalue weighted by molar-refractivity contribution is 0.0702. The van der Waals surface area contributed by atoms with Gasteiger partial charge in [0.15, 0.2) is 0 Å². The number of amides is 1. The number of carbonyl (C=O) groups excluding carboxylic acids is 1. The third kappa shape index (κ3) is 2.97. The molecule has 0 bridgehead atoms. The van der Waals surface area contributed by atoms with Crippen LogP contribution in [0.3, 0.4) is 0 Å². The van der Waals surface area contributed by atoms with Gasteiger partial charge in [0.2, 0.25) is 0 Å². The van der Waals surface area contributed by atoms with Crippen LogP contribution in [-0.2, 0) is 0 Å². The van der Waals surface area contributed by atoms with Gasteiger partial charge in [0.1, 0.15) is 10.7 Å². The quantitative estimate of drug-likeness (QED) is 0.907. The molecule has 1 aromatic heterocycles. The van der Waals surface area contributed by atoms with Crippen LogP contribution in [0.25, 0.3) is 0 Å². The van der Waals surface area contributed by atoms with Crippen LogP contribution in [0.1, 0.15) is 25.6 Å². The Kier molecular flexibility index (Phi) is 3.62. The van der Waals surface area contributed by atoms with Gasteiger partial charge in [-0.3, -0.25) is 4.79 Å². The number of thiophene rings is 1. The first kappa shape index (κ1) is 13.2. The largest absolute Gasteiger partial charge is 0.477 e. The Balaban J connectivity index is 2.20. The molecule has 0 aliphatic rings. The second-order valence-electron chi connectivity index (χ2n) is 3.91. The van der Waals surface area contributed by atoms with Crippen LogP contribution in [0, 0.1) is 12.7 Å². The van der Waals surface area contributed by atoms with Crippen LogP contribution < -0.4 is 5.32 Å². The smallest absolute Gasteiger partial charge is 0.345 e. The molecule has 1 amide bonds. The van der Waals surface area contributed by atoms with Crippen molar-refractivity contribution in [2.75, 3.05) is 5.32 Å². The lowest BCUT2D eigenvalue weighted by Crippen LogP contribution is -2.13. The number of halogens is 1. The summed E-state index contributed by atoms with van der Waals surface area (Å²) in [6, 6.07) is 7.09. The van der Waals surface area contributed by atoms with Crippen molar-refractivity contribution < 1.29 is 19.1 Å². The lowest BCUT2D eigenvalue weighted by Gasteiger charge is -2.04. The molecule has 0 saturated heterocycles. The SMILES string of the molecule is Cc1ccc(F)c(C(=O)Nc2ccc(C(=O)O)s2)c1. The highest BCUT2D eigenvalue weighted by Gasteiger charge is 2.14. The van der Waals surface area contributed by atoms with Gasteiger partial charge in [-0.05, 0) is 31.2 Å². The van der Waals surface area contributed by atoms with E-state index < -0.39 is 17.7 Å². The van der Waals surface area contributed by atoms with Crippen LogP contribution >= 0.6 is 11.3 Å². The van der Waals surface area contributed by atoms with Crippen molar-refractivity contribution in [3.05, 3.63) is 52.2 Å². The van der Waals surface area contributed by atoms with Gasteiger partial charge in [0, 0.05) is 0 Å². The fraction of sp³-hybridized carbons (Fsp3) is 0.0769. The number of rotatable bonds is 3. The van der Waals surface area contributed by atoms with Crippen LogP contribution in [0.5, 0.6) is 0 Å². The number of anilines is 1. The van der Waals surface area contributed by atoms with Gasteiger partial charge in [-0.15, -0.1) is 11.3 Å². The van der Waals surface area contributed by atoms with E-state index in [4.69, 9.17) is 5.11 Å². The summed E-state index contributed by atoms with van der Waals surface area (Å²) < 4.78 is 13.5. The number of carboxylic acids is 1. The molecule has 0 fully saturated rings. The van der Waals surface area contributed by atoms with Crippen LogP contribution in [0.4, 0.5) is 9.39 Å². The molecule has 0 unspecified atom stereocenters. The first-order valence-corrected chi connectivity index (χ1v) is 6.19. The lowest BCUT2D eigenvalue weighted by atomic mass is 10.1. The average molecular weight is 279 g/mol. The molecule has 0 spiro atoms. The number of hydrogen-bond acceptors (Lipinski definition) is 3. The summed E-state index contributed by atoms with van der Waals surface area (Å²) in [7, 11) is 0. The monoisotopic (exact) mass is 279 g/mol. The van der Waals surface area contributed by atoms with Crippen molar-refractivity contribution in [3.8, 4) is 0 Å². The number of benzene rings is 1. The number of carboxylic acid groups (broad SMARTS) is 1. The van der Waals surface area contributed by atoms with Gasteiger partial charge in [-0.1, -0.05) is 11.6 Å². The molecule has 4 nitrogen and oxygen atoms in total. The van der Waals surface area contributed by atoms with Gasteiger partial charge in [0.25, 0.3) is 5.91 Å². The number of carbonyl (C=O) groups is 2. The normalized spacial score (nSPS) is 10.2. The van der Waals surface area contributed by atoms with Crippen molar-refractivity contribution in [1.29, 1.82) is 0 Å². The Labute approximate surface area is 112 Å². The first-order chi connectivity index (χ1) is 8.97. The summed E-state index contributed by atoms with van der Waals surface area (Å²) in [5.74, 6) is -2.27. The molecule has 0 atom stereocenters. The van der Waals surface area contributed by atoms with Crippen LogP contribution in [0.15, 0.2) is 30.3 Å². The van der Waals surface area contributed by atoms with Gasteiger partial charge >= 0.3 is 5.97 Å². The molecule has 19 heavy (non-hydrogen) atoms. The number of aryl methyl sites for hydroxylation is 1. The third-order valence-electron chi connectivity index (χ3n) is 2.42. The fourth-order valence-electron chi connectivity index (χ4n) is 1.51. The molecule has 2 aromatic rings. The predicted molar refractivity (Wildman–Crippen MR) is 70.4 cm³/mol. The summed E-state index contributed by atoms with van der Waals surface area (Å²) in [5, 5.41) is 11.6. The average Bonchev–Trinajstić information content (AvgIpc) is 2.80. The fourth-order valence-corrected chi connectivity index (χ4v) is 2.25. The Morgan fingerprint density at radius 3 is 2.63 bits per heavy atom. The summed E-state index contributed by atoms with van der Waals surface area (Å²) in [6.07, 6.45) is 0. The van der Waals surface area contributed by atoms with Crippen molar-refractivity contribution in [1.82, 2.24) is 0 Å². The zero-order valence-electron chi connectivity index (χ0n) is 9.94. The summed E-state index contributed by atoms with van der Waals surface area (Å²) in [4.78, 5) is 22.7. The minimum atomic E-state index is -1.06. The first-order valence-electron chi connectivity index (χ1n) is 5.38. The molecule has 98 valence electrons. The minimum Gasteiger partial charge on any atom is -0.477 e. The number of nitrogens with one attached hydrogen (secondary N) is 1. The Morgan fingerprint density at radius 1 is 1.26 bits per heavy atom. The third-order valence-corrected chi connectivity index (χ3v) is 3.41. The molecule has 2 N–H and O–H groups in total. The molecular weight excluding hydrogens is 269 g/mol. The summed E-state index contributed by atoms with van der Waals surface area (Å²) in [5.41, 5.74) is 0.703. The van der Waals surface area contributed by atoms with Gasteiger partial charge in [-0.2, -0.15) is 0 Å². The predicted octanol–water partition coefficient (Wildman–Crippen LogP) is 3.15. The van der Waals surface area contributed by atoms with Gasteiger partial charge in [0.05, 0.1) is 10.6 Å². The molecule has 0 radical (unpaired) electrons. The molecule has 0 saturated carbocycles. The van der Waals surface area contributed by atoms with E-state index in [-0.39, 0.29) is 10.4 Å². The Morgan fingerprint density at radius 2 is 2.00 bits per heavy atom. The molecular formula is C13H10FNO3S. The maximum absolute atomic E-state index is 13.5. The van der Waals surface area contributed by atoms with E-state index >= 15 is 0 Å². The zero-order valence-corrected chi connectivity index (χ0v) is 10.8. The zero-order chi connectivity index (χ0) is 14.0. The summed E-state index contributed by atoms with van der Waals surface area (Å²) >= 11 is 0.920. The molecule has 0 aliphatic carbocycles. The van der Waals surface area contributed by atoms with E-state index in [0.29, 0.717) is 5.00 Å². The maximum Gasteiger partial charge on any atom is 0.345 e. The minimum absolute atomic E-state index is 0.0646. The van der Waals surface area contributed by atoms with Crippen molar-refractivity contribution >= 4 is 28.2 Å². The number of aromatic carboxylic acids is 1. The van der Waals surface area contributed by atoms with Crippen LogP contribution in [0.2, 0.25) is 0 Å². The van der Waals surface area contributed by atoms with Crippen LogP contribution in [-0.4, -0.2) is 17.0 Å². The Bertz CT molecular complexity index is 651. The highest BCUT2D eigenvalue weighted by molar-refractivity contribution is 7.18. The van der Waals surface area contributed by atoms with Gasteiger partial charge in [-0.25, -0.2) is 9.18 Å². The Hall–Kier alpha value is -2.21. The van der Waals surface area contributed by atoms with E-state index in [1.165, 1.54) is 24.3 Å². The van der Waals surface area contributed by atoms with Crippen molar-refractivity contribution in [2.24, 2.45) is 0 Å². The van der Waals surface area contributed by atoms with E-state index in [0.717, 1.165) is 16.9 Å². The molecule has 1 heterocycles. The van der Waals surface area contributed by atoms with Crippen molar-refractivity contribution in [3.63, 3.8) is 0 Å². The second kappa shape index (κ2) is 5.19. The second-order valence-corrected chi connectivity index (χ2v) is 4.99. The topological polar surface area (TPSA) is 66.4 Å². The maximum atomic E-state index is 13.5. The molecule has 1 aromatic carbocycles. The van der Waals surface area contributed by atoms with E-state index in [2.05, 4.69) is 5.32 Å². The van der Waals surface area contributed by atoms with E-state index in [1.54, 1.807) is 13.0 Å². The highest BCUT2D eigenvalue weighted by Crippen LogP contribution is 2.23. The standard InChI is InChI=1S/C13H10FNO3S/c1-7-2-3-9(14)8(6-7)12(16)15-11-5-4-10(19-11)13(17)18/h2-6H,1H3,(H,15,16)(H,17,18). The van der Waals surface area contributed by atoms with Crippen molar-refractivity contribution in [2.45, 2.75) is 6.92 Å². The molecule has 0 aliphatic heterocycles. The molecule has 6 heteroatoms. The van der Waals surface area contributed by atoms with Gasteiger partial charge < -0.3 is 10.4 Å². The number of hydrogen-bond donors (Lipinski definition) is 2.